The number of anilines is 1. The molecule has 0 unspecified atom stereocenters. The first-order valence-electron chi connectivity index (χ1n) is 8.11. The molecule has 26 heavy (non-hydrogen) atoms. The zero-order chi connectivity index (χ0) is 18.9. The van der Waals surface area contributed by atoms with Crippen LogP contribution >= 0.6 is 23.8 Å². The monoisotopic (exact) mass is 389 g/mol. The van der Waals surface area contributed by atoms with Gasteiger partial charge in [0.15, 0.2) is 5.11 Å². The number of benzene rings is 2. The van der Waals surface area contributed by atoms with Crippen LogP contribution in [-0.4, -0.2) is 24.0 Å². The van der Waals surface area contributed by atoms with E-state index in [0.717, 1.165) is 16.8 Å². The molecule has 7 heteroatoms. The molecule has 2 amide bonds. The van der Waals surface area contributed by atoms with Crippen LogP contribution in [0.4, 0.5) is 5.69 Å². The molecule has 0 spiro atoms. The third-order valence-electron chi connectivity index (χ3n) is 3.69. The lowest BCUT2D eigenvalue weighted by molar-refractivity contribution is -0.120. The molecule has 0 aromatic heterocycles. The van der Waals surface area contributed by atoms with Crippen molar-refractivity contribution in [1.82, 2.24) is 10.6 Å². The summed E-state index contributed by atoms with van der Waals surface area (Å²) < 4.78 is 0. The number of halogens is 1. The third kappa shape index (κ3) is 6.46. The summed E-state index contributed by atoms with van der Waals surface area (Å²) in [6.07, 6.45) is 1.15. The van der Waals surface area contributed by atoms with Crippen LogP contribution in [0.3, 0.4) is 0 Å². The number of thiocarbonyl (C=S) groups is 1. The second-order valence-electron chi connectivity index (χ2n) is 5.64. The third-order valence-corrected chi connectivity index (χ3v) is 4.26. The van der Waals surface area contributed by atoms with Crippen molar-refractivity contribution >= 4 is 46.4 Å². The predicted molar refractivity (Wildman–Crippen MR) is 108 cm³/mol. The van der Waals surface area contributed by atoms with Gasteiger partial charge < -0.3 is 16.0 Å². The number of hydrogen-bond acceptors (Lipinski definition) is 3. The number of rotatable bonds is 6. The Morgan fingerprint density at radius 2 is 1.73 bits per heavy atom. The summed E-state index contributed by atoms with van der Waals surface area (Å²) >= 11 is 11.2. The van der Waals surface area contributed by atoms with E-state index >= 15 is 0 Å². The van der Waals surface area contributed by atoms with Crippen molar-refractivity contribution in [3.05, 3.63) is 64.7 Å². The summed E-state index contributed by atoms with van der Waals surface area (Å²) in [4.78, 5) is 23.4. The Morgan fingerprint density at radius 1 is 1.04 bits per heavy atom. The zero-order valence-electron chi connectivity index (χ0n) is 14.3. The fourth-order valence-electron chi connectivity index (χ4n) is 2.28. The minimum atomic E-state index is -0.182. The first kappa shape index (κ1) is 19.9. The van der Waals surface area contributed by atoms with Gasteiger partial charge in [0.05, 0.1) is 6.42 Å². The largest absolute Gasteiger partial charge is 0.359 e. The van der Waals surface area contributed by atoms with E-state index in [2.05, 4.69) is 16.0 Å². The fraction of sp³-hybridized carbons (Fsp3) is 0.211. The Balaban J connectivity index is 1.79. The molecule has 2 rings (SSSR count). The molecule has 0 aliphatic heterocycles. The highest BCUT2D eigenvalue weighted by Crippen LogP contribution is 2.16. The number of amides is 2. The molecule has 0 fully saturated rings. The molecule has 0 heterocycles. The molecule has 0 radical (unpaired) electrons. The van der Waals surface area contributed by atoms with Gasteiger partial charge in [-0.1, -0.05) is 41.9 Å². The van der Waals surface area contributed by atoms with Gasteiger partial charge in [-0.05, 0) is 48.0 Å². The summed E-state index contributed by atoms with van der Waals surface area (Å²) in [5.74, 6) is -0.231. The van der Waals surface area contributed by atoms with Crippen LogP contribution in [0, 0.1) is 0 Å². The van der Waals surface area contributed by atoms with Crippen LogP contribution < -0.4 is 16.0 Å². The van der Waals surface area contributed by atoms with Crippen molar-refractivity contribution in [1.29, 1.82) is 0 Å². The van der Waals surface area contributed by atoms with Crippen molar-refractivity contribution in [2.24, 2.45) is 0 Å². The number of carbonyl (C=O) groups excluding carboxylic acids is 2. The van der Waals surface area contributed by atoms with E-state index in [0.29, 0.717) is 17.9 Å². The molecular formula is C19H20ClN3O2S. The Kier molecular flexibility index (Phi) is 7.56. The highest BCUT2D eigenvalue weighted by molar-refractivity contribution is 7.80. The number of likely N-dealkylation sites (N-methyl/N-ethyl adjacent to an activating group) is 1. The molecule has 0 atom stereocenters. The molecule has 3 N–H and O–H groups in total. The molecule has 0 bridgehead atoms. The van der Waals surface area contributed by atoms with Crippen LogP contribution in [0.15, 0.2) is 48.5 Å². The number of aryl methyl sites for hydroxylation is 1. The summed E-state index contributed by atoms with van der Waals surface area (Å²) in [6, 6.07) is 14.7. The molecule has 0 saturated carbocycles. The maximum Gasteiger partial charge on any atom is 0.226 e. The van der Waals surface area contributed by atoms with Gasteiger partial charge in [0, 0.05) is 24.2 Å². The number of hydrogen-bond donors (Lipinski definition) is 3. The van der Waals surface area contributed by atoms with E-state index in [-0.39, 0.29) is 23.3 Å². The molecule has 0 aliphatic carbocycles. The second-order valence-corrected chi connectivity index (χ2v) is 6.46. The zero-order valence-corrected chi connectivity index (χ0v) is 15.9. The Hall–Kier alpha value is -2.44. The summed E-state index contributed by atoms with van der Waals surface area (Å²) in [5, 5.41) is 9.06. The van der Waals surface area contributed by atoms with Crippen molar-refractivity contribution in [3.8, 4) is 0 Å². The maximum atomic E-state index is 12.0. The van der Waals surface area contributed by atoms with Crippen LogP contribution in [0.25, 0.3) is 0 Å². The number of nitrogens with one attached hydrogen (secondary N) is 3. The topological polar surface area (TPSA) is 70.2 Å². The van der Waals surface area contributed by atoms with E-state index in [9.17, 15) is 9.59 Å². The minimum Gasteiger partial charge on any atom is -0.359 e. The molecule has 0 aliphatic rings. The molecule has 5 nitrogen and oxygen atoms in total. The second kappa shape index (κ2) is 9.89. The molecular weight excluding hydrogens is 370 g/mol. The Morgan fingerprint density at radius 3 is 2.38 bits per heavy atom. The van der Waals surface area contributed by atoms with Crippen LogP contribution in [0.5, 0.6) is 0 Å². The van der Waals surface area contributed by atoms with E-state index in [1.54, 1.807) is 25.2 Å². The summed E-state index contributed by atoms with van der Waals surface area (Å²) in [5.41, 5.74) is 2.56. The van der Waals surface area contributed by atoms with Gasteiger partial charge in [-0.15, -0.1) is 0 Å². The smallest absolute Gasteiger partial charge is 0.226 e. The molecule has 0 saturated heterocycles. The summed E-state index contributed by atoms with van der Waals surface area (Å²) in [7, 11) is 1.60. The lowest BCUT2D eigenvalue weighted by Gasteiger charge is -2.10. The SMILES string of the molecule is CNC(=O)Cc1ccc(NC(=S)NC(=O)CCc2ccccc2Cl)cc1. The van der Waals surface area contributed by atoms with E-state index in [1.807, 2.05) is 30.3 Å². The fourth-order valence-corrected chi connectivity index (χ4v) is 2.74. The van der Waals surface area contributed by atoms with E-state index in [1.165, 1.54) is 0 Å². The van der Waals surface area contributed by atoms with Gasteiger partial charge in [0.1, 0.15) is 0 Å². The van der Waals surface area contributed by atoms with Gasteiger partial charge >= 0.3 is 0 Å². The van der Waals surface area contributed by atoms with Crippen molar-refractivity contribution in [2.75, 3.05) is 12.4 Å². The van der Waals surface area contributed by atoms with E-state index in [4.69, 9.17) is 23.8 Å². The van der Waals surface area contributed by atoms with Gasteiger partial charge in [-0.25, -0.2) is 0 Å². The standard InChI is InChI=1S/C19H20ClN3O2S/c1-21-18(25)12-13-6-9-15(10-7-13)22-19(26)23-17(24)11-8-14-4-2-3-5-16(14)20/h2-7,9-10H,8,11-12H2,1H3,(H,21,25)(H2,22,23,24,26). The van der Waals surface area contributed by atoms with Crippen molar-refractivity contribution in [3.63, 3.8) is 0 Å². The lowest BCUT2D eigenvalue weighted by Crippen LogP contribution is -2.34. The van der Waals surface area contributed by atoms with E-state index < -0.39 is 0 Å². The van der Waals surface area contributed by atoms with Crippen LogP contribution in [-0.2, 0) is 22.4 Å². The Labute approximate surface area is 163 Å². The van der Waals surface area contributed by atoms with Gasteiger partial charge in [-0.2, -0.15) is 0 Å². The highest BCUT2D eigenvalue weighted by Gasteiger charge is 2.07. The Bertz CT molecular complexity index is 794. The normalized spacial score (nSPS) is 10.1. The maximum absolute atomic E-state index is 12.0. The van der Waals surface area contributed by atoms with Gasteiger partial charge in [-0.3, -0.25) is 9.59 Å². The van der Waals surface area contributed by atoms with Crippen molar-refractivity contribution < 1.29 is 9.59 Å². The quantitative estimate of drug-likeness (QED) is 0.664. The van der Waals surface area contributed by atoms with Crippen molar-refractivity contribution in [2.45, 2.75) is 19.3 Å². The first-order valence-corrected chi connectivity index (χ1v) is 8.90. The highest BCUT2D eigenvalue weighted by atomic mass is 35.5. The van der Waals surface area contributed by atoms with Crippen LogP contribution in [0.1, 0.15) is 17.5 Å². The molecule has 2 aromatic rings. The first-order chi connectivity index (χ1) is 12.5. The molecule has 2 aromatic carbocycles. The average Bonchev–Trinajstić information content (AvgIpc) is 2.62. The van der Waals surface area contributed by atoms with Gasteiger partial charge in [0.2, 0.25) is 11.8 Å². The predicted octanol–water partition coefficient (Wildman–Crippen LogP) is 3.07. The lowest BCUT2D eigenvalue weighted by atomic mass is 10.1. The van der Waals surface area contributed by atoms with Crippen LogP contribution in [0.2, 0.25) is 5.02 Å². The minimum absolute atomic E-state index is 0.0491. The van der Waals surface area contributed by atoms with Gasteiger partial charge in [0.25, 0.3) is 0 Å². The number of carbonyl (C=O) groups is 2. The average molecular weight is 390 g/mol. The summed E-state index contributed by atoms with van der Waals surface area (Å²) in [6.45, 7) is 0. The molecule has 136 valence electrons.